The molecule has 2 aromatic carbocycles. The van der Waals surface area contributed by atoms with Crippen LogP contribution in [0.5, 0.6) is 0 Å². The molecule has 0 aliphatic heterocycles. The van der Waals surface area contributed by atoms with Crippen LogP contribution < -0.4 is 0 Å². The summed E-state index contributed by atoms with van der Waals surface area (Å²) in [6.07, 6.45) is 0. The number of hydrogen-bond donors (Lipinski definition) is 0. The van der Waals surface area contributed by atoms with Crippen LogP contribution in [0, 0.1) is 0 Å². The molecule has 1 unspecified atom stereocenters. The third-order valence-corrected chi connectivity index (χ3v) is 6.84. The molecule has 0 radical (unpaired) electrons. The van der Waals surface area contributed by atoms with Gasteiger partial charge in [0.1, 0.15) is 6.61 Å². The summed E-state index contributed by atoms with van der Waals surface area (Å²) in [5.41, 5.74) is 0.806. The number of carbonyl (C=O) groups is 1. The first-order valence-corrected chi connectivity index (χ1v) is 10.7. The van der Waals surface area contributed by atoms with Crippen LogP contribution in [-0.2, 0) is 32.2 Å². The van der Waals surface area contributed by atoms with Crippen LogP contribution in [0.25, 0.3) is 0 Å². The van der Waals surface area contributed by atoms with Gasteiger partial charge in [-0.05, 0) is 29.8 Å². The molecule has 8 heteroatoms. The van der Waals surface area contributed by atoms with Crippen molar-refractivity contribution in [2.75, 3.05) is 19.8 Å². The second-order valence-electron chi connectivity index (χ2n) is 5.64. The van der Waals surface area contributed by atoms with E-state index < -0.39 is 26.8 Å². The number of esters is 1. The van der Waals surface area contributed by atoms with Gasteiger partial charge >= 0.3 is 5.97 Å². The number of sulfonamides is 1. The van der Waals surface area contributed by atoms with Gasteiger partial charge in [0.2, 0.25) is 10.0 Å². The lowest BCUT2D eigenvalue weighted by molar-refractivity contribution is 0.0468. The lowest BCUT2D eigenvalue weighted by Gasteiger charge is -2.13. The van der Waals surface area contributed by atoms with Crippen molar-refractivity contribution in [3.8, 4) is 0 Å². The molecule has 0 spiro atoms. The van der Waals surface area contributed by atoms with Crippen LogP contribution in [0.1, 0.15) is 22.8 Å². The number of nitrogens with zero attached hydrogens (tertiary/aromatic N) is 1. The topological polar surface area (TPSA) is 80.8 Å². The minimum Gasteiger partial charge on any atom is -0.457 e. The summed E-state index contributed by atoms with van der Waals surface area (Å²) in [4.78, 5) is 12.9. The van der Waals surface area contributed by atoms with Crippen molar-refractivity contribution in [2.24, 2.45) is 0 Å². The van der Waals surface area contributed by atoms with E-state index in [9.17, 15) is 17.4 Å². The zero-order chi connectivity index (χ0) is 19.3. The van der Waals surface area contributed by atoms with Gasteiger partial charge in [0.15, 0.2) is 0 Å². The van der Waals surface area contributed by atoms with Gasteiger partial charge in [-0.3, -0.25) is 4.21 Å². The van der Waals surface area contributed by atoms with Gasteiger partial charge < -0.3 is 4.74 Å². The number of rotatable bonds is 7. The highest BCUT2D eigenvalue weighted by Gasteiger charge is 2.19. The summed E-state index contributed by atoms with van der Waals surface area (Å²) < 4.78 is 42.8. The van der Waals surface area contributed by atoms with E-state index in [1.54, 1.807) is 43.3 Å². The van der Waals surface area contributed by atoms with E-state index >= 15 is 0 Å². The predicted molar refractivity (Wildman–Crippen MR) is 99.8 cm³/mol. The highest BCUT2D eigenvalue weighted by molar-refractivity contribution is 7.89. The van der Waals surface area contributed by atoms with Gasteiger partial charge in [-0.25, -0.2) is 17.5 Å². The summed E-state index contributed by atoms with van der Waals surface area (Å²) in [7, 11) is -1.93. The Morgan fingerprint density at radius 1 is 1.12 bits per heavy atom. The standard InChI is InChI=1S/C18H21NO5S2/c1-4-25(21)17-11-6-5-10-16(17)18(20)24-13-14-8-7-9-15(12-14)26(22,23)19(2)3/h5-12H,4,13H2,1-3H3. The monoisotopic (exact) mass is 395 g/mol. The molecule has 2 aromatic rings. The summed E-state index contributed by atoms with van der Waals surface area (Å²) >= 11 is 0. The first-order chi connectivity index (χ1) is 12.3. The van der Waals surface area contributed by atoms with Crippen molar-refractivity contribution in [1.82, 2.24) is 4.31 Å². The summed E-state index contributed by atoms with van der Waals surface area (Å²) in [5.74, 6) is -0.197. The molecule has 140 valence electrons. The van der Waals surface area contributed by atoms with Gasteiger partial charge in [-0.1, -0.05) is 31.2 Å². The molecule has 26 heavy (non-hydrogen) atoms. The summed E-state index contributed by atoms with van der Waals surface area (Å²) in [5, 5.41) is 0. The van der Waals surface area contributed by atoms with E-state index in [1.807, 2.05) is 0 Å². The van der Waals surface area contributed by atoms with Gasteiger partial charge in [0.05, 0.1) is 26.2 Å². The third kappa shape index (κ3) is 4.57. The molecule has 0 bridgehead atoms. The highest BCUT2D eigenvalue weighted by atomic mass is 32.2. The van der Waals surface area contributed by atoms with Crippen LogP contribution in [0.15, 0.2) is 58.3 Å². The van der Waals surface area contributed by atoms with Crippen molar-refractivity contribution in [3.05, 3.63) is 59.7 Å². The fourth-order valence-electron chi connectivity index (χ4n) is 2.22. The van der Waals surface area contributed by atoms with Crippen LogP contribution >= 0.6 is 0 Å². The minimum atomic E-state index is -3.56. The van der Waals surface area contributed by atoms with E-state index in [1.165, 1.54) is 26.2 Å². The van der Waals surface area contributed by atoms with E-state index in [-0.39, 0.29) is 17.1 Å². The Labute approximate surface area is 156 Å². The Kier molecular flexibility index (Phi) is 6.69. The second kappa shape index (κ2) is 8.57. The lowest BCUT2D eigenvalue weighted by atomic mass is 10.2. The molecule has 0 aliphatic rings. The zero-order valence-corrected chi connectivity index (χ0v) is 16.5. The Balaban J connectivity index is 2.18. The first-order valence-electron chi connectivity index (χ1n) is 7.93. The molecular formula is C18H21NO5S2. The number of hydrogen-bond acceptors (Lipinski definition) is 5. The quantitative estimate of drug-likeness (QED) is 0.673. The highest BCUT2D eigenvalue weighted by Crippen LogP contribution is 2.18. The van der Waals surface area contributed by atoms with Crippen molar-refractivity contribution >= 4 is 26.8 Å². The second-order valence-corrected chi connectivity index (χ2v) is 9.50. The molecule has 0 heterocycles. The molecule has 0 N–H and O–H groups in total. The Morgan fingerprint density at radius 2 is 1.81 bits per heavy atom. The van der Waals surface area contributed by atoms with Gasteiger partial charge in [0.25, 0.3) is 0 Å². The minimum absolute atomic E-state index is 0.0806. The first kappa shape index (κ1) is 20.3. The molecule has 0 fully saturated rings. The zero-order valence-electron chi connectivity index (χ0n) is 14.8. The normalized spacial score (nSPS) is 12.8. The largest absolute Gasteiger partial charge is 0.457 e. The molecule has 0 aromatic heterocycles. The average Bonchev–Trinajstić information content (AvgIpc) is 2.65. The Morgan fingerprint density at radius 3 is 2.46 bits per heavy atom. The van der Waals surface area contributed by atoms with Crippen molar-refractivity contribution < 1.29 is 22.2 Å². The maximum absolute atomic E-state index is 12.4. The van der Waals surface area contributed by atoms with Crippen LogP contribution in [0.3, 0.4) is 0 Å². The number of ether oxygens (including phenoxy) is 1. The number of benzene rings is 2. The van der Waals surface area contributed by atoms with Crippen LogP contribution in [0.2, 0.25) is 0 Å². The molecule has 6 nitrogen and oxygen atoms in total. The SMILES string of the molecule is CCS(=O)c1ccccc1C(=O)OCc1cccc(S(=O)(=O)N(C)C)c1. The summed E-state index contributed by atoms with van der Waals surface area (Å²) in [6, 6.07) is 12.8. The van der Waals surface area contributed by atoms with Gasteiger partial charge in [-0.2, -0.15) is 0 Å². The maximum atomic E-state index is 12.4. The summed E-state index contributed by atoms with van der Waals surface area (Å²) in [6.45, 7) is 1.69. The van der Waals surface area contributed by atoms with Crippen molar-refractivity contribution in [2.45, 2.75) is 23.3 Å². The molecule has 1 atom stereocenters. The van der Waals surface area contributed by atoms with E-state index in [0.29, 0.717) is 16.2 Å². The molecule has 0 saturated carbocycles. The molecule has 0 amide bonds. The van der Waals surface area contributed by atoms with Crippen molar-refractivity contribution in [3.63, 3.8) is 0 Å². The van der Waals surface area contributed by atoms with Gasteiger partial charge in [-0.15, -0.1) is 0 Å². The van der Waals surface area contributed by atoms with E-state index in [4.69, 9.17) is 4.74 Å². The maximum Gasteiger partial charge on any atom is 0.339 e. The average molecular weight is 396 g/mol. The van der Waals surface area contributed by atoms with Crippen molar-refractivity contribution in [1.29, 1.82) is 0 Å². The van der Waals surface area contributed by atoms with E-state index in [2.05, 4.69) is 0 Å². The van der Waals surface area contributed by atoms with E-state index in [0.717, 1.165) is 4.31 Å². The van der Waals surface area contributed by atoms with Gasteiger partial charge in [0, 0.05) is 19.8 Å². The molecule has 0 saturated heterocycles. The lowest BCUT2D eigenvalue weighted by Crippen LogP contribution is -2.22. The fraction of sp³-hybridized carbons (Fsp3) is 0.278. The smallest absolute Gasteiger partial charge is 0.339 e. The molecule has 2 rings (SSSR count). The Hall–Kier alpha value is -2.03. The third-order valence-electron chi connectivity index (χ3n) is 3.66. The van der Waals surface area contributed by atoms with Crippen LogP contribution in [-0.4, -0.2) is 42.7 Å². The molecular weight excluding hydrogens is 374 g/mol. The fourth-order valence-corrected chi connectivity index (χ4v) is 4.13. The Bertz CT molecular complexity index is 923. The molecule has 0 aliphatic carbocycles. The van der Waals surface area contributed by atoms with Crippen LogP contribution in [0.4, 0.5) is 0 Å². The predicted octanol–water partition coefficient (Wildman–Crippen LogP) is 2.42. The number of carbonyl (C=O) groups excluding carboxylic acids is 1.